The number of carbonyl (C=O) groups is 1. The average molecular weight is 365 g/mol. The van der Waals surface area contributed by atoms with Gasteiger partial charge < -0.3 is 14.4 Å². The zero-order chi connectivity index (χ0) is 17.3. The molecule has 7 heteroatoms. The zero-order valence-electron chi connectivity index (χ0n) is 14.9. The molecule has 1 aliphatic carbocycles. The molecular weight excluding hydrogens is 338 g/mol. The van der Waals surface area contributed by atoms with Crippen LogP contribution in [0.5, 0.6) is 0 Å². The fourth-order valence-corrected chi connectivity index (χ4v) is 4.97. The van der Waals surface area contributed by atoms with Gasteiger partial charge in [-0.1, -0.05) is 0 Å². The smallest absolute Gasteiger partial charge is 0.410 e. The van der Waals surface area contributed by atoms with Gasteiger partial charge in [0, 0.05) is 43.5 Å². The highest BCUT2D eigenvalue weighted by atomic mass is 32.1. The fraction of sp³-hybridized carbons (Fsp3) is 0.778. The lowest BCUT2D eigenvalue weighted by atomic mass is 9.92. The number of aromatic nitrogens is 1. The number of likely N-dealkylation sites (tertiary alicyclic amines) is 1. The van der Waals surface area contributed by atoms with Gasteiger partial charge in [-0.3, -0.25) is 4.90 Å². The molecule has 0 N–H and O–H groups in total. The van der Waals surface area contributed by atoms with E-state index in [2.05, 4.69) is 16.9 Å². The molecule has 1 amide bonds. The van der Waals surface area contributed by atoms with Crippen LogP contribution in [0.4, 0.5) is 4.79 Å². The molecule has 25 heavy (non-hydrogen) atoms. The third-order valence-corrected chi connectivity index (χ3v) is 6.76. The van der Waals surface area contributed by atoms with E-state index in [4.69, 9.17) is 9.47 Å². The Morgan fingerprint density at radius 2 is 2.20 bits per heavy atom. The molecule has 3 heterocycles. The summed E-state index contributed by atoms with van der Waals surface area (Å²) < 4.78 is 11.0. The van der Waals surface area contributed by atoms with Crippen molar-refractivity contribution < 1.29 is 14.3 Å². The zero-order valence-corrected chi connectivity index (χ0v) is 15.7. The van der Waals surface area contributed by atoms with Crippen molar-refractivity contribution in [2.75, 3.05) is 33.4 Å². The van der Waals surface area contributed by atoms with E-state index in [9.17, 15) is 4.79 Å². The molecule has 1 aromatic heterocycles. The number of hydrogen-bond acceptors (Lipinski definition) is 6. The molecule has 1 unspecified atom stereocenters. The Morgan fingerprint density at radius 3 is 2.88 bits per heavy atom. The molecule has 138 valence electrons. The number of amides is 1. The van der Waals surface area contributed by atoms with Crippen molar-refractivity contribution in [2.24, 2.45) is 5.41 Å². The Balaban J connectivity index is 1.24. The Labute approximate surface area is 153 Å². The normalized spacial score (nSPS) is 26.2. The SMILES string of the molecule is CN(Cc1nccs1)C1CC12CCN(C(=O)OC1CCOCC1)CC2. The molecule has 1 spiro atoms. The molecule has 4 rings (SSSR count). The first-order valence-corrected chi connectivity index (χ1v) is 10.2. The molecular formula is C18H27N3O3S. The topological polar surface area (TPSA) is 54.9 Å². The second kappa shape index (κ2) is 7.21. The van der Waals surface area contributed by atoms with Crippen molar-refractivity contribution >= 4 is 17.4 Å². The van der Waals surface area contributed by atoms with E-state index >= 15 is 0 Å². The van der Waals surface area contributed by atoms with E-state index in [-0.39, 0.29) is 12.2 Å². The van der Waals surface area contributed by atoms with Gasteiger partial charge in [0.1, 0.15) is 11.1 Å². The summed E-state index contributed by atoms with van der Waals surface area (Å²) in [6, 6.07) is 0.630. The number of carbonyl (C=O) groups excluding carboxylic acids is 1. The minimum atomic E-state index is -0.130. The Morgan fingerprint density at radius 1 is 1.44 bits per heavy atom. The maximum Gasteiger partial charge on any atom is 0.410 e. The van der Waals surface area contributed by atoms with Gasteiger partial charge in [0.15, 0.2) is 0 Å². The third kappa shape index (κ3) is 3.83. The van der Waals surface area contributed by atoms with Crippen LogP contribution in [0.1, 0.15) is 37.1 Å². The molecule has 1 aromatic rings. The van der Waals surface area contributed by atoms with E-state index < -0.39 is 0 Å². The number of nitrogens with zero attached hydrogens (tertiary/aromatic N) is 3. The van der Waals surface area contributed by atoms with Crippen LogP contribution in [0.3, 0.4) is 0 Å². The van der Waals surface area contributed by atoms with Crippen molar-refractivity contribution in [1.29, 1.82) is 0 Å². The summed E-state index contributed by atoms with van der Waals surface area (Å²) in [5.41, 5.74) is 0.404. The minimum Gasteiger partial charge on any atom is -0.446 e. The van der Waals surface area contributed by atoms with Crippen molar-refractivity contribution in [1.82, 2.24) is 14.8 Å². The third-order valence-electron chi connectivity index (χ3n) is 6.00. The monoisotopic (exact) mass is 365 g/mol. The van der Waals surface area contributed by atoms with Gasteiger partial charge in [-0.15, -0.1) is 11.3 Å². The summed E-state index contributed by atoms with van der Waals surface area (Å²) in [6.45, 7) is 3.98. The lowest BCUT2D eigenvalue weighted by Crippen LogP contribution is -2.43. The molecule has 1 saturated carbocycles. The van der Waals surface area contributed by atoms with Crippen LogP contribution in [0.25, 0.3) is 0 Å². The van der Waals surface area contributed by atoms with Crippen LogP contribution in [0, 0.1) is 5.41 Å². The van der Waals surface area contributed by atoms with E-state index in [0.717, 1.165) is 45.3 Å². The van der Waals surface area contributed by atoms with E-state index in [1.54, 1.807) is 11.3 Å². The van der Waals surface area contributed by atoms with Crippen LogP contribution < -0.4 is 0 Å². The van der Waals surface area contributed by atoms with E-state index in [1.165, 1.54) is 11.4 Å². The van der Waals surface area contributed by atoms with Crippen LogP contribution in [-0.4, -0.2) is 66.4 Å². The van der Waals surface area contributed by atoms with Gasteiger partial charge >= 0.3 is 6.09 Å². The summed E-state index contributed by atoms with van der Waals surface area (Å²) in [7, 11) is 2.20. The fourth-order valence-electron chi connectivity index (χ4n) is 4.29. The quantitative estimate of drug-likeness (QED) is 0.821. The molecule has 3 aliphatic rings. The Bertz CT molecular complexity index is 580. The predicted octanol–water partition coefficient (Wildman–Crippen LogP) is 2.75. The summed E-state index contributed by atoms with van der Waals surface area (Å²) in [5.74, 6) is 0. The molecule has 0 radical (unpaired) electrons. The van der Waals surface area contributed by atoms with Crippen LogP contribution >= 0.6 is 11.3 Å². The molecule has 3 fully saturated rings. The molecule has 2 saturated heterocycles. The first-order valence-electron chi connectivity index (χ1n) is 9.28. The van der Waals surface area contributed by atoms with Crippen molar-refractivity contribution in [3.8, 4) is 0 Å². The molecule has 0 aromatic carbocycles. The van der Waals surface area contributed by atoms with Crippen molar-refractivity contribution in [3.63, 3.8) is 0 Å². The lowest BCUT2D eigenvalue weighted by Gasteiger charge is -2.34. The molecule has 2 aliphatic heterocycles. The van der Waals surface area contributed by atoms with E-state index in [1.807, 2.05) is 16.5 Å². The Kier molecular flexibility index (Phi) is 4.97. The maximum atomic E-state index is 12.4. The second-order valence-corrected chi connectivity index (χ2v) is 8.58. The predicted molar refractivity (Wildman–Crippen MR) is 95.5 cm³/mol. The van der Waals surface area contributed by atoms with Crippen LogP contribution in [-0.2, 0) is 16.0 Å². The summed E-state index contributed by atoms with van der Waals surface area (Å²) in [4.78, 5) is 21.1. The van der Waals surface area contributed by atoms with Crippen molar-refractivity contribution in [3.05, 3.63) is 16.6 Å². The van der Waals surface area contributed by atoms with Gasteiger partial charge in [0.2, 0.25) is 0 Å². The lowest BCUT2D eigenvalue weighted by molar-refractivity contribution is -0.0139. The second-order valence-electron chi connectivity index (χ2n) is 7.61. The Hall–Kier alpha value is -1.18. The van der Waals surface area contributed by atoms with Crippen molar-refractivity contribution in [2.45, 2.75) is 50.8 Å². The van der Waals surface area contributed by atoms with Gasteiger partial charge in [0.25, 0.3) is 0 Å². The largest absolute Gasteiger partial charge is 0.446 e. The van der Waals surface area contributed by atoms with Gasteiger partial charge in [-0.2, -0.15) is 0 Å². The number of piperidine rings is 1. The number of ether oxygens (including phenoxy) is 2. The number of hydrogen-bond donors (Lipinski definition) is 0. The summed E-state index contributed by atoms with van der Waals surface area (Å²) in [6.07, 6.45) is 6.85. The van der Waals surface area contributed by atoms with Crippen LogP contribution in [0.15, 0.2) is 11.6 Å². The highest BCUT2D eigenvalue weighted by Gasteiger charge is 2.57. The van der Waals surface area contributed by atoms with E-state index in [0.29, 0.717) is 24.7 Å². The highest BCUT2D eigenvalue weighted by Crippen LogP contribution is 2.56. The summed E-state index contributed by atoms with van der Waals surface area (Å²) in [5, 5.41) is 3.22. The molecule has 0 bridgehead atoms. The van der Waals surface area contributed by atoms with Gasteiger partial charge in [0.05, 0.1) is 19.8 Å². The first-order chi connectivity index (χ1) is 12.2. The standard InChI is InChI=1S/C18H27N3O3S/c1-20(13-16-19-6-11-25-16)15-12-18(15)4-7-21(8-5-18)17(22)24-14-2-9-23-10-3-14/h6,11,14-15H,2-5,7-10,12-13H2,1H3. The molecule has 6 nitrogen and oxygen atoms in total. The molecule has 1 atom stereocenters. The average Bonchev–Trinajstić information content (AvgIpc) is 3.08. The van der Waals surface area contributed by atoms with Crippen LogP contribution in [0.2, 0.25) is 0 Å². The minimum absolute atomic E-state index is 0.0373. The number of thiazole rings is 1. The summed E-state index contributed by atoms with van der Waals surface area (Å²) >= 11 is 1.72. The number of rotatable bonds is 4. The van der Waals surface area contributed by atoms with Gasteiger partial charge in [-0.25, -0.2) is 9.78 Å². The van der Waals surface area contributed by atoms with Gasteiger partial charge in [-0.05, 0) is 31.7 Å². The first kappa shape index (κ1) is 17.2. The maximum absolute atomic E-state index is 12.4. The highest BCUT2D eigenvalue weighted by molar-refractivity contribution is 7.09.